The summed E-state index contributed by atoms with van der Waals surface area (Å²) in [5.74, 6) is 5.55. The number of aryl methyl sites for hydroxylation is 1. The molecule has 0 aliphatic carbocycles. The highest BCUT2D eigenvalue weighted by molar-refractivity contribution is 5.14. The molecular weight excluding hydrogens is 114 g/mol. The summed E-state index contributed by atoms with van der Waals surface area (Å²) in [5, 5.41) is 0. The molecule has 3 heteroatoms. The molecule has 0 atom stereocenters. The second kappa shape index (κ2) is 2.11. The highest BCUT2D eigenvalue weighted by Gasteiger charge is 1.96. The molecular formula is C6H11N3. The van der Waals surface area contributed by atoms with Gasteiger partial charge in [-0.05, 0) is 19.1 Å². The Morgan fingerprint density at radius 3 is 2.44 bits per heavy atom. The summed E-state index contributed by atoms with van der Waals surface area (Å²) in [6, 6.07) is 3.87. The Morgan fingerprint density at radius 1 is 1.56 bits per heavy atom. The van der Waals surface area contributed by atoms with E-state index < -0.39 is 0 Å². The lowest BCUT2D eigenvalue weighted by Gasteiger charge is -1.99. The van der Waals surface area contributed by atoms with E-state index in [2.05, 4.69) is 0 Å². The fraction of sp³-hybridized carbons (Fsp3) is 0.333. The molecule has 3 nitrogen and oxygen atoms in total. The lowest BCUT2D eigenvalue weighted by atomic mass is 10.4. The van der Waals surface area contributed by atoms with Gasteiger partial charge in [-0.25, -0.2) is 0 Å². The van der Waals surface area contributed by atoms with Crippen LogP contribution in [0.3, 0.4) is 0 Å². The standard InChI is InChI=1S/C6H11N3/c1-5-2-3-6(4-7)9(5)8/h2-3H,4,7-8H2,1H3. The lowest BCUT2D eigenvalue weighted by molar-refractivity contribution is 0.851. The molecule has 0 aliphatic rings. The van der Waals surface area contributed by atoms with Crippen molar-refractivity contribution >= 4 is 0 Å². The normalized spacial score (nSPS) is 10.0. The second-order valence-corrected chi connectivity index (χ2v) is 2.04. The molecule has 1 rings (SSSR count). The van der Waals surface area contributed by atoms with Gasteiger partial charge in [-0.15, -0.1) is 0 Å². The maximum atomic E-state index is 5.55. The average molecular weight is 125 g/mol. The number of hydrogen-bond donors (Lipinski definition) is 2. The molecule has 50 valence electrons. The molecule has 0 aromatic carbocycles. The smallest absolute Gasteiger partial charge is 0.0530 e. The Labute approximate surface area is 54.2 Å². The Balaban J connectivity index is 3.04. The third kappa shape index (κ3) is 0.907. The molecule has 0 aliphatic heterocycles. The van der Waals surface area contributed by atoms with Crippen molar-refractivity contribution in [3.05, 3.63) is 23.5 Å². The Bertz CT molecular complexity index is 202. The van der Waals surface area contributed by atoms with Crippen LogP contribution in [0, 0.1) is 6.92 Å². The zero-order chi connectivity index (χ0) is 6.85. The zero-order valence-electron chi connectivity index (χ0n) is 5.46. The summed E-state index contributed by atoms with van der Waals surface area (Å²) in [7, 11) is 0. The van der Waals surface area contributed by atoms with Gasteiger partial charge in [0.1, 0.15) is 0 Å². The minimum atomic E-state index is 0.504. The van der Waals surface area contributed by atoms with E-state index in [4.69, 9.17) is 11.6 Å². The van der Waals surface area contributed by atoms with Crippen LogP contribution in [0.5, 0.6) is 0 Å². The Morgan fingerprint density at radius 2 is 2.22 bits per heavy atom. The van der Waals surface area contributed by atoms with Crippen LogP contribution >= 0.6 is 0 Å². The van der Waals surface area contributed by atoms with Crippen molar-refractivity contribution in [3.63, 3.8) is 0 Å². The fourth-order valence-corrected chi connectivity index (χ4v) is 0.770. The second-order valence-electron chi connectivity index (χ2n) is 2.04. The van der Waals surface area contributed by atoms with Crippen LogP contribution in [0.4, 0.5) is 0 Å². The first-order chi connectivity index (χ1) is 4.25. The van der Waals surface area contributed by atoms with Crippen LogP contribution < -0.4 is 11.6 Å². The molecule has 0 spiro atoms. The van der Waals surface area contributed by atoms with Crippen molar-refractivity contribution < 1.29 is 0 Å². The van der Waals surface area contributed by atoms with Crippen LogP contribution in [0.25, 0.3) is 0 Å². The zero-order valence-corrected chi connectivity index (χ0v) is 5.46. The number of nitrogens with two attached hydrogens (primary N) is 2. The van der Waals surface area contributed by atoms with E-state index >= 15 is 0 Å². The molecule has 0 unspecified atom stereocenters. The maximum Gasteiger partial charge on any atom is 0.0530 e. The molecule has 1 heterocycles. The number of aromatic nitrogens is 1. The molecule has 0 saturated heterocycles. The van der Waals surface area contributed by atoms with Gasteiger partial charge in [-0.1, -0.05) is 0 Å². The maximum absolute atomic E-state index is 5.55. The topological polar surface area (TPSA) is 57.0 Å². The number of rotatable bonds is 1. The van der Waals surface area contributed by atoms with Crippen molar-refractivity contribution in [2.24, 2.45) is 5.73 Å². The van der Waals surface area contributed by atoms with E-state index in [0.29, 0.717) is 6.54 Å². The number of nitrogens with zero attached hydrogens (tertiary/aromatic N) is 1. The van der Waals surface area contributed by atoms with E-state index in [9.17, 15) is 0 Å². The summed E-state index contributed by atoms with van der Waals surface area (Å²) >= 11 is 0. The number of hydrogen-bond acceptors (Lipinski definition) is 2. The van der Waals surface area contributed by atoms with Gasteiger partial charge in [0, 0.05) is 12.2 Å². The van der Waals surface area contributed by atoms with Gasteiger partial charge in [0.05, 0.1) is 5.69 Å². The summed E-state index contributed by atoms with van der Waals surface area (Å²) < 4.78 is 1.60. The van der Waals surface area contributed by atoms with Crippen molar-refractivity contribution in [2.75, 3.05) is 5.84 Å². The van der Waals surface area contributed by atoms with Crippen molar-refractivity contribution in [3.8, 4) is 0 Å². The average Bonchev–Trinajstić information content (AvgIpc) is 2.15. The number of nitrogen functional groups attached to an aromatic ring is 1. The molecule has 1 aromatic rings. The van der Waals surface area contributed by atoms with E-state index in [-0.39, 0.29) is 0 Å². The van der Waals surface area contributed by atoms with Crippen molar-refractivity contribution in [1.29, 1.82) is 0 Å². The lowest BCUT2D eigenvalue weighted by Crippen LogP contribution is -2.15. The van der Waals surface area contributed by atoms with Gasteiger partial charge in [0.25, 0.3) is 0 Å². The third-order valence-electron chi connectivity index (χ3n) is 1.42. The predicted octanol–water partition coefficient (Wildman–Crippen LogP) is -0.0310. The highest BCUT2D eigenvalue weighted by Crippen LogP contribution is 2.01. The first-order valence-electron chi connectivity index (χ1n) is 2.88. The van der Waals surface area contributed by atoms with E-state index in [1.54, 1.807) is 4.68 Å². The summed E-state index contributed by atoms with van der Waals surface area (Å²) in [6.45, 7) is 2.45. The van der Waals surface area contributed by atoms with Crippen LogP contribution in [-0.4, -0.2) is 4.68 Å². The molecule has 1 aromatic heterocycles. The molecule has 4 N–H and O–H groups in total. The quantitative estimate of drug-likeness (QED) is 0.518. The summed E-state index contributed by atoms with van der Waals surface area (Å²) in [5.41, 5.74) is 7.37. The van der Waals surface area contributed by atoms with Crippen molar-refractivity contribution in [2.45, 2.75) is 13.5 Å². The van der Waals surface area contributed by atoms with E-state index in [0.717, 1.165) is 11.4 Å². The minimum absolute atomic E-state index is 0.504. The molecule has 0 fully saturated rings. The monoisotopic (exact) mass is 125 g/mol. The molecule has 0 saturated carbocycles. The van der Waals surface area contributed by atoms with Gasteiger partial charge < -0.3 is 11.6 Å². The van der Waals surface area contributed by atoms with Gasteiger partial charge in [0.2, 0.25) is 0 Å². The Kier molecular flexibility index (Phi) is 1.44. The van der Waals surface area contributed by atoms with Crippen LogP contribution in [0.2, 0.25) is 0 Å². The van der Waals surface area contributed by atoms with Crippen LogP contribution in [-0.2, 0) is 6.54 Å². The third-order valence-corrected chi connectivity index (χ3v) is 1.42. The van der Waals surface area contributed by atoms with Crippen LogP contribution in [0.15, 0.2) is 12.1 Å². The van der Waals surface area contributed by atoms with Gasteiger partial charge in [0.15, 0.2) is 0 Å². The van der Waals surface area contributed by atoms with E-state index in [1.165, 1.54) is 0 Å². The summed E-state index contributed by atoms with van der Waals surface area (Å²) in [4.78, 5) is 0. The molecule has 0 radical (unpaired) electrons. The van der Waals surface area contributed by atoms with E-state index in [1.807, 2.05) is 19.1 Å². The first-order valence-corrected chi connectivity index (χ1v) is 2.88. The highest BCUT2D eigenvalue weighted by atomic mass is 15.3. The first kappa shape index (κ1) is 6.16. The van der Waals surface area contributed by atoms with Gasteiger partial charge in [-0.2, -0.15) is 0 Å². The van der Waals surface area contributed by atoms with Gasteiger partial charge in [-0.3, -0.25) is 4.68 Å². The van der Waals surface area contributed by atoms with Gasteiger partial charge >= 0.3 is 0 Å². The van der Waals surface area contributed by atoms with Crippen molar-refractivity contribution in [1.82, 2.24) is 4.68 Å². The SMILES string of the molecule is Cc1ccc(CN)n1N. The molecule has 0 bridgehead atoms. The molecule has 9 heavy (non-hydrogen) atoms. The van der Waals surface area contributed by atoms with Crippen LogP contribution in [0.1, 0.15) is 11.4 Å². The fourth-order valence-electron chi connectivity index (χ4n) is 0.770. The predicted molar refractivity (Wildman–Crippen MR) is 37.2 cm³/mol. The Hall–Kier alpha value is -0.960. The minimum Gasteiger partial charge on any atom is -0.339 e. The largest absolute Gasteiger partial charge is 0.339 e. The molecule has 0 amide bonds. The summed E-state index contributed by atoms with van der Waals surface area (Å²) in [6.07, 6.45) is 0.